The van der Waals surface area contributed by atoms with Crippen molar-refractivity contribution in [1.29, 1.82) is 0 Å². The van der Waals surface area contributed by atoms with Gasteiger partial charge < -0.3 is 10.6 Å². The monoisotopic (exact) mass is 352 g/mol. The number of rotatable bonds is 7. The number of hydrogen-bond donors (Lipinski definition) is 2. The molecule has 2 aromatic rings. The predicted octanol–water partition coefficient (Wildman–Crippen LogP) is 5.05. The molecule has 4 nitrogen and oxygen atoms in total. The van der Waals surface area contributed by atoms with Gasteiger partial charge in [0.25, 0.3) is 0 Å². The summed E-state index contributed by atoms with van der Waals surface area (Å²) in [5.74, 6) is -0.0627. The van der Waals surface area contributed by atoms with Crippen molar-refractivity contribution in [2.45, 2.75) is 40.0 Å². The first kappa shape index (κ1) is 19.7. The van der Waals surface area contributed by atoms with E-state index in [1.54, 1.807) is 12.1 Å². The molecule has 2 aromatic carbocycles. The summed E-state index contributed by atoms with van der Waals surface area (Å²) < 4.78 is 0. The molecule has 0 aliphatic rings. The summed E-state index contributed by atoms with van der Waals surface area (Å²) >= 11 is 0. The summed E-state index contributed by atoms with van der Waals surface area (Å²) in [5.41, 5.74) is 2.48. The lowest BCUT2D eigenvalue weighted by molar-refractivity contribution is -0.119. The van der Waals surface area contributed by atoms with Crippen LogP contribution < -0.4 is 10.6 Å². The van der Waals surface area contributed by atoms with E-state index in [1.807, 2.05) is 56.3 Å². The lowest BCUT2D eigenvalue weighted by Crippen LogP contribution is -2.26. The normalized spacial score (nSPS) is 13.1. The second kappa shape index (κ2) is 9.18. The van der Waals surface area contributed by atoms with Crippen LogP contribution in [0.25, 0.3) is 0 Å². The Morgan fingerprint density at radius 1 is 0.808 bits per heavy atom. The Morgan fingerprint density at radius 2 is 1.31 bits per heavy atom. The van der Waals surface area contributed by atoms with E-state index >= 15 is 0 Å². The molecule has 2 rings (SSSR count). The Bertz CT molecular complexity index is 724. The molecule has 0 aromatic heterocycles. The molecule has 0 saturated carbocycles. The molecule has 0 bridgehead atoms. The van der Waals surface area contributed by atoms with Gasteiger partial charge in [-0.25, -0.2) is 0 Å². The molecule has 2 amide bonds. The molecule has 0 spiro atoms. The first-order valence-corrected chi connectivity index (χ1v) is 9.19. The summed E-state index contributed by atoms with van der Waals surface area (Å²) in [5, 5.41) is 5.85. The average Bonchev–Trinajstić information content (AvgIpc) is 2.64. The van der Waals surface area contributed by atoms with E-state index in [0.29, 0.717) is 0 Å². The molecule has 0 aliphatic heterocycles. The van der Waals surface area contributed by atoms with Crippen LogP contribution in [-0.2, 0) is 9.59 Å². The quantitative estimate of drug-likeness (QED) is 0.732. The third-order valence-corrected chi connectivity index (χ3v) is 4.60. The zero-order valence-corrected chi connectivity index (χ0v) is 16.0. The highest BCUT2D eigenvalue weighted by atomic mass is 16.2. The molecular formula is C22H28N2O2. The number of carbonyl (C=O) groups is 2. The van der Waals surface area contributed by atoms with Gasteiger partial charge in [0.1, 0.15) is 0 Å². The van der Waals surface area contributed by atoms with Crippen molar-refractivity contribution < 1.29 is 9.59 Å². The third-order valence-electron chi connectivity index (χ3n) is 4.60. The number of amides is 2. The Balaban J connectivity index is 2.10. The highest BCUT2D eigenvalue weighted by Gasteiger charge is 2.25. The van der Waals surface area contributed by atoms with Crippen molar-refractivity contribution in [3.8, 4) is 0 Å². The van der Waals surface area contributed by atoms with Crippen LogP contribution in [0.4, 0.5) is 11.4 Å². The zero-order valence-electron chi connectivity index (χ0n) is 16.0. The fourth-order valence-corrected chi connectivity index (χ4v) is 2.78. The van der Waals surface area contributed by atoms with Gasteiger partial charge in [-0.15, -0.1) is 0 Å². The van der Waals surface area contributed by atoms with Gasteiger partial charge >= 0.3 is 0 Å². The minimum atomic E-state index is -0.193. The van der Waals surface area contributed by atoms with Gasteiger partial charge in [-0.05, 0) is 35.7 Å². The van der Waals surface area contributed by atoms with Crippen molar-refractivity contribution in [3.05, 3.63) is 60.2 Å². The molecule has 2 atom stereocenters. The third kappa shape index (κ3) is 5.19. The van der Waals surface area contributed by atoms with Crippen LogP contribution >= 0.6 is 0 Å². The smallest absolute Gasteiger partial charge is 0.232 e. The first-order chi connectivity index (χ1) is 12.4. The molecule has 2 N–H and O–H groups in total. The summed E-state index contributed by atoms with van der Waals surface area (Å²) in [6.45, 7) is 7.90. The van der Waals surface area contributed by atoms with Crippen molar-refractivity contribution in [1.82, 2.24) is 0 Å². The number of hydrogen-bond acceptors (Lipinski definition) is 2. The van der Waals surface area contributed by atoms with Gasteiger partial charge in [-0.3, -0.25) is 9.59 Å². The first-order valence-electron chi connectivity index (χ1n) is 9.19. The fourth-order valence-electron chi connectivity index (χ4n) is 2.78. The van der Waals surface area contributed by atoms with Gasteiger partial charge in [-0.1, -0.05) is 64.4 Å². The standard InChI is InChI=1S/C22H28N2O2/c1-5-16(4)20(17-9-7-6-8-10-17)22(26)24-19-13-11-18(12-14-19)23-21(25)15(2)3/h6-16,20H,5H2,1-4H3,(H,23,25)(H,24,26). The Hall–Kier alpha value is -2.62. The Labute approximate surface area is 156 Å². The number of anilines is 2. The van der Waals surface area contributed by atoms with Crippen molar-refractivity contribution >= 4 is 23.2 Å². The van der Waals surface area contributed by atoms with Gasteiger partial charge in [0.2, 0.25) is 11.8 Å². The second-order valence-electron chi connectivity index (χ2n) is 6.98. The molecule has 0 radical (unpaired) electrons. The van der Waals surface area contributed by atoms with E-state index < -0.39 is 0 Å². The Kier molecular flexibility index (Phi) is 6.96. The molecule has 0 saturated heterocycles. The van der Waals surface area contributed by atoms with Crippen molar-refractivity contribution in [3.63, 3.8) is 0 Å². The molecule has 138 valence electrons. The van der Waals surface area contributed by atoms with Crippen molar-refractivity contribution in [2.75, 3.05) is 10.6 Å². The van der Waals surface area contributed by atoms with E-state index in [1.165, 1.54) is 0 Å². The SMILES string of the molecule is CCC(C)C(C(=O)Nc1ccc(NC(=O)C(C)C)cc1)c1ccccc1. The van der Waals surface area contributed by atoms with Crippen LogP contribution in [0, 0.1) is 11.8 Å². The zero-order chi connectivity index (χ0) is 19.1. The maximum atomic E-state index is 12.9. The number of nitrogens with one attached hydrogen (secondary N) is 2. The van der Waals surface area contributed by atoms with Crippen LogP contribution in [0.2, 0.25) is 0 Å². The predicted molar refractivity (Wildman–Crippen MR) is 107 cm³/mol. The molecular weight excluding hydrogens is 324 g/mol. The maximum absolute atomic E-state index is 12.9. The summed E-state index contributed by atoms with van der Waals surface area (Å²) in [4.78, 5) is 24.6. The van der Waals surface area contributed by atoms with Crippen LogP contribution in [0.5, 0.6) is 0 Å². The molecule has 4 heteroatoms. The summed E-state index contributed by atoms with van der Waals surface area (Å²) in [6.07, 6.45) is 0.924. The number of carbonyl (C=O) groups excluding carboxylic acids is 2. The maximum Gasteiger partial charge on any atom is 0.232 e. The fraction of sp³-hybridized carbons (Fsp3) is 0.364. The molecule has 0 aliphatic carbocycles. The van der Waals surface area contributed by atoms with Crippen LogP contribution in [-0.4, -0.2) is 11.8 Å². The highest BCUT2D eigenvalue weighted by Crippen LogP contribution is 2.28. The Morgan fingerprint density at radius 3 is 1.77 bits per heavy atom. The number of benzene rings is 2. The topological polar surface area (TPSA) is 58.2 Å². The van der Waals surface area contributed by atoms with Gasteiger partial charge in [0.05, 0.1) is 5.92 Å². The summed E-state index contributed by atoms with van der Waals surface area (Å²) in [6, 6.07) is 17.1. The molecule has 0 fully saturated rings. The average molecular weight is 352 g/mol. The van der Waals surface area contributed by atoms with E-state index in [0.717, 1.165) is 23.4 Å². The van der Waals surface area contributed by atoms with E-state index in [4.69, 9.17) is 0 Å². The minimum absolute atomic E-state index is 0.00971. The second-order valence-corrected chi connectivity index (χ2v) is 6.98. The van der Waals surface area contributed by atoms with Crippen molar-refractivity contribution in [2.24, 2.45) is 11.8 Å². The van der Waals surface area contributed by atoms with E-state index in [2.05, 4.69) is 24.5 Å². The van der Waals surface area contributed by atoms with Gasteiger partial charge in [0.15, 0.2) is 0 Å². The highest BCUT2D eigenvalue weighted by molar-refractivity contribution is 5.96. The molecule has 26 heavy (non-hydrogen) atoms. The van der Waals surface area contributed by atoms with Gasteiger partial charge in [-0.2, -0.15) is 0 Å². The lowest BCUT2D eigenvalue weighted by Gasteiger charge is -2.23. The van der Waals surface area contributed by atoms with Crippen LogP contribution in [0.15, 0.2) is 54.6 Å². The van der Waals surface area contributed by atoms with E-state index in [9.17, 15) is 9.59 Å². The minimum Gasteiger partial charge on any atom is -0.326 e. The largest absolute Gasteiger partial charge is 0.326 e. The van der Waals surface area contributed by atoms with Crippen LogP contribution in [0.1, 0.15) is 45.6 Å². The summed E-state index contributed by atoms with van der Waals surface area (Å²) in [7, 11) is 0. The molecule has 0 heterocycles. The van der Waals surface area contributed by atoms with Crippen LogP contribution in [0.3, 0.4) is 0 Å². The lowest BCUT2D eigenvalue weighted by atomic mass is 9.85. The molecule has 2 unspecified atom stereocenters. The van der Waals surface area contributed by atoms with Gasteiger partial charge in [0, 0.05) is 17.3 Å². The van der Waals surface area contributed by atoms with E-state index in [-0.39, 0.29) is 29.6 Å².